The molecule has 0 bridgehead atoms. The predicted molar refractivity (Wildman–Crippen MR) is 88.2 cm³/mol. The lowest BCUT2D eigenvalue weighted by molar-refractivity contribution is 0.0949. The van der Waals surface area contributed by atoms with Crippen molar-refractivity contribution in [3.05, 3.63) is 57.5 Å². The van der Waals surface area contributed by atoms with E-state index in [9.17, 15) is 9.59 Å². The number of carbonyl (C=O) groups is 1. The number of H-pyrrole nitrogens is 1. The quantitative estimate of drug-likeness (QED) is 0.858. The van der Waals surface area contributed by atoms with Gasteiger partial charge in [0.25, 0.3) is 11.5 Å². The fourth-order valence-corrected chi connectivity index (χ4v) is 2.45. The number of aromatic nitrogens is 1. The van der Waals surface area contributed by atoms with Crippen molar-refractivity contribution in [2.75, 3.05) is 20.9 Å². The van der Waals surface area contributed by atoms with Gasteiger partial charge in [-0.1, -0.05) is 6.07 Å². The van der Waals surface area contributed by atoms with Gasteiger partial charge in [0, 0.05) is 18.8 Å². The van der Waals surface area contributed by atoms with Gasteiger partial charge in [0.2, 0.25) is 6.79 Å². The number of pyridine rings is 1. The van der Waals surface area contributed by atoms with Crippen molar-refractivity contribution in [3.63, 3.8) is 0 Å². The topological polar surface area (TPSA) is 83.7 Å². The molecule has 1 aliphatic rings. The van der Waals surface area contributed by atoms with Gasteiger partial charge < -0.3 is 24.7 Å². The van der Waals surface area contributed by atoms with Crippen LogP contribution in [0.2, 0.25) is 0 Å². The first kappa shape index (κ1) is 16.1. The minimum absolute atomic E-state index is 0.0956. The minimum Gasteiger partial charge on any atom is -0.454 e. The molecule has 2 aromatic rings. The summed E-state index contributed by atoms with van der Waals surface area (Å²) in [5, 5.41) is 2.74. The summed E-state index contributed by atoms with van der Waals surface area (Å²) in [4.78, 5) is 28.9. The molecule has 0 saturated carbocycles. The van der Waals surface area contributed by atoms with Crippen LogP contribution >= 0.6 is 0 Å². The maximum Gasteiger partial charge on any atom is 0.261 e. The molecule has 0 fully saturated rings. The van der Waals surface area contributed by atoms with Crippen molar-refractivity contribution in [3.8, 4) is 11.5 Å². The number of nitrogens with zero attached hydrogens (tertiary/aromatic N) is 1. The second kappa shape index (κ2) is 6.76. The summed E-state index contributed by atoms with van der Waals surface area (Å²) in [6, 6.07) is 8.75. The number of ether oxygens (including phenoxy) is 2. The van der Waals surface area contributed by atoms with Crippen LogP contribution in [0, 0.1) is 0 Å². The molecule has 0 atom stereocenters. The third-order valence-corrected chi connectivity index (χ3v) is 3.59. The van der Waals surface area contributed by atoms with Gasteiger partial charge in [-0.15, -0.1) is 0 Å². The van der Waals surface area contributed by atoms with Crippen LogP contribution in [0.5, 0.6) is 11.5 Å². The molecular formula is C17H19N3O4. The van der Waals surface area contributed by atoms with Crippen LogP contribution in [-0.2, 0) is 13.1 Å². The number of hydrogen-bond donors (Lipinski definition) is 2. The van der Waals surface area contributed by atoms with E-state index >= 15 is 0 Å². The molecule has 0 aliphatic carbocycles. The van der Waals surface area contributed by atoms with Crippen molar-refractivity contribution in [2.45, 2.75) is 13.1 Å². The summed E-state index contributed by atoms with van der Waals surface area (Å²) in [7, 11) is 3.81. The Morgan fingerprint density at radius 3 is 2.75 bits per heavy atom. The van der Waals surface area contributed by atoms with Crippen molar-refractivity contribution in [1.82, 2.24) is 15.2 Å². The van der Waals surface area contributed by atoms with Gasteiger partial charge in [0.15, 0.2) is 11.5 Å². The number of nitrogens with one attached hydrogen (secondary N) is 2. The highest BCUT2D eigenvalue weighted by atomic mass is 16.7. The molecule has 1 aromatic heterocycles. The Morgan fingerprint density at radius 1 is 1.21 bits per heavy atom. The Kier molecular flexibility index (Phi) is 4.52. The first-order chi connectivity index (χ1) is 11.5. The monoisotopic (exact) mass is 329 g/mol. The van der Waals surface area contributed by atoms with E-state index in [0.29, 0.717) is 24.6 Å². The number of rotatable bonds is 5. The zero-order valence-electron chi connectivity index (χ0n) is 13.6. The number of carbonyl (C=O) groups excluding carboxylic acids is 1. The van der Waals surface area contributed by atoms with E-state index in [0.717, 1.165) is 11.3 Å². The largest absolute Gasteiger partial charge is 0.454 e. The smallest absolute Gasteiger partial charge is 0.261 e. The maximum absolute atomic E-state index is 12.2. The fraction of sp³-hybridized carbons (Fsp3) is 0.294. The van der Waals surface area contributed by atoms with E-state index in [-0.39, 0.29) is 12.4 Å². The lowest BCUT2D eigenvalue weighted by Crippen LogP contribution is -2.30. The van der Waals surface area contributed by atoms with Crippen molar-refractivity contribution >= 4 is 5.91 Å². The van der Waals surface area contributed by atoms with Crippen LogP contribution in [0.25, 0.3) is 0 Å². The second-order valence-corrected chi connectivity index (χ2v) is 5.83. The summed E-state index contributed by atoms with van der Waals surface area (Å²) >= 11 is 0. The summed E-state index contributed by atoms with van der Waals surface area (Å²) < 4.78 is 10.5. The summed E-state index contributed by atoms with van der Waals surface area (Å²) in [6.07, 6.45) is 0. The maximum atomic E-state index is 12.2. The Balaban J connectivity index is 1.66. The van der Waals surface area contributed by atoms with Crippen LogP contribution in [0.4, 0.5) is 0 Å². The lowest BCUT2D eigenvalue weighted by atomic mass is 10.2. The molecule has 1 amide bonds. The first-order valence-electron chi connectivity index (χ1n) is 7.56. The highest BCUT2D eigenvalue weighted by molar-refractivity contribution is 5.93. The molecule has 7 heteroatoms. The lowest BCUT2D eigenvalue weighted by Gasteiger charge is -2.10. The van der Waals surface area contributed by atoms with Gasteiger partial charge in [-0.05, 0) is 43.9 Å². The number of hydrogen-bond acceptors (Lipinski definition) is 5. The molecule has 126 valence electrons. The minimum atomic E-state index is -0.412. The standard InChI is InChI=1S/C17H19N3O4/c1-20(2)9-12-4-5-13(17(22)19-12)16(21)18-8-11-3-6-14-15(7-11)24-10-23-14/h3-7H,8-10H2,1-2H3,(H,18,21)(H,19,22). The SMILES string of the molecule is CN(C)Cc1ccc(C(=O)NCc2ccc3c(c2)OCO3)c(=O)[nH]1. The van der Waals surface area contributed by atoms with Gasteiger partial charge >= 0.3 is 0 Å². The molecule has 0 saturated heterocycles. The van der Waals surface area contributed by atoms with E-state index in [2.05, 4.69) is 10.3 Å². The average Bonchev–Trinajstić information content (AvgIpc) is 2.99. The number of aromatic amines is 1. The molecule has 2 N–H and O–H groups in total. The summed E-state index contributed by atoms with van der Waals surface area (Å²) in [5.74, 6) is 0.941. The second-order valence-electron chi connectivity index (χ2n) is 5.83. The highest BCUT2D eigenvalue weighted by Crippen LogP contribution is 2.32. The van der Waals surface area contributed by atoms with Crippen LogP contribution in [0.15, 0.2) is 35.1 Å². The Morgan fingerprint density at radius 2 is 2.00 bits per heavy atom. The first-order valence-corrected chi connectivity index (χ1v) is 7.56. The van der Waals surface area contributed by atoms with Crippen molar-refractivity contribution < 1.29 is 14.3 Å². The van der Waals surface area contributed by atoms with Gasteiger partial charge in [-0.2, -0.15) is 0 Å². The number of benzene rings is 1. The molecule has 3 rings (SSSR count). The van der Waals surface area contributed by atoms with Crippen molar-refractivity contribution in [1.29, 1.82) is 0 Å². The van der Waals surface area contributed by atoms with Gasteiger partial charge in [0.1, 0.15) is 5.56 Å². The van der Waals surface area contributed by atoms with Crippen molar-refractivity contribution in [2.24, 2.45) is 0 Å². The fourth-order valence-electron chi connectivity index (χ4n) is 2.45. The van der Waals surface area contributed by atoms with E-state index < -0.39 is 11.5 Å². The molecule has 1 aromatic carbocycles. The van der Waals surface area contributed by atoms with Crippen LogP contribution in [-0.4, -0.2) is 36.7 Å². The van der Waals surface area contributed by atoms with Gasteiger partial charge in [-0.25, -0.2) is 0 Å². The zero-order chi connectivity index (χ0) is 17.1. The van der Waals surface area contributed by atoms with Crippen LogP contribution < -0.4 is 20.3 Å². The number of fused-ring (bicyclic) bond motifs is 1. The molecule has 24 heavy (non-hydrogen) atoms. The molecule has 2 heterocycles. The predicted octanol–water partition coefficient (Wildman–Crippen LogP) is 1.10. The van der Waals surface area contributed by atoms with E-state index in [1.54, 1.807) is 18.2 Å². The van der Waals surface area contributed by atoms with Gasteiger partial charge in [-0.3, -0.25) is 9.59 Å². The summed E-state index contributed by atoms with van der Waals surface area (Å²) in [6.45, 7) is 1.11. The molecular weight excluding hydrogens is 310 g/mol. The Hall–Kier alpha value is -2.80. The molecule has 0 spiro atoms. The highest BCUT2D eigenvalue weighted by Gasteiger charge is 2.14. The number of amides is 1. The third kappa shape index (κ3) is 3.57. The average molecular weight is 329 g/mol. The Labute approximate surface area is 139 Å². The van der Waals surface area contributed by atoms with Crippen LogP contribution in [0.3, 0.4) is 0 Å². The van der Waals surface area contributed by atoms with E-state index in [1.165, 1.54) is 0 Å². The Bertz CT molecular complexity index is 814. The normalized spacial score (nSPS) is 12.5. The molecule has 1 aliphatic heterocycles. The van der Waals surface area contributed by atoms with E-state index in [1.807, 2.05) is 31.1 Å². The molecule has 7 nitrogen and oxygen atoms in total. The molecule has 0 unspecified atom stereocenters. The van der Waals surface area contributed by atoms with Gasteiger partial charge in [0.05, 0.1) is 0 Å². The zero-order valence-corrected chi connectivity index (χ0v) is 13.6. The van der Waals surface area contributed by atoms with E-state index in [4.69, 9.17) is 9.47 Å². The summed E-state index contributed by atoms with van der Waals surface area (Å²) in [5.41, 5.74) is 1.33. The van der Waals surface area contributed by atoms with Crippen LogP contribution in [0.1, 0.15) is 21.6 Å². The molecule has 0 radical (unpaired) electrons. The third-order valence-electron chi connectivity index (χ3n) is 3.59.